The highest BCUT2D eigenvalue weighted by molar-refractivity contribution is 7.23. The van der Waals surface area contributed by atoms with Crippen LogP contribution < -0.4 is 21.5 Å². The van der Waals surface area contributed by atoms with Crippen molar-refractivity contribution in [2.75, 3.05) is 43.0 Å². The van der Waals surface area contributed by atoms with E-state index in [1.54, 1.807) is 6.07 Å². The number of pyridine rings is 1. The molecule has 1 saturated heterocycles. The van der Waals surface area contributed by atoms with Crippen LogP contribution in [-0.4, -0.2) is 51.2 Å². The average Bonchev–Trinajstić information content (AvgIpc) is 3.81. The van der Waals surface area contributed by atoms with Crippen molar-refractivity contribution in [3.8, 4) is 29.0 Å². The van der Waals surface area contributed by atoms with Crippen LogP contribution in [0.2, 0.25) is 0 Å². The number of phenols is 1. The lowest BCUT2D eigenvalue weighted by Gasteiger charge is -2.31. The van der Waals surface area contributed by atoms with Crippen molar-refractivity contribution < 1.29 is 40.6 Å². The van der Waals surface area contributed by atoms with Gasteiger partial charge in [0.25, 0.3) is 0 Å². The van der Waals surface area contributed by atoms with Crippen molar-refractivity contribution in [1.29, 1.82) is 5.26 Å². The lowest BCUT2D eigenvalue weighted by Crippen LogP contribution is -2.37. The number of aromatic nitrogens is 3. The smallest absolute Gasteiger partial charge is 0.420 e. The summed E-state index contributed by atoms with van der Waals surface area (Å²) in [6, 6.07) is 3.00. The maximum atomic E-state index is 17.1. The molecule has 2 aliphatic rings. The summed E-state index contributed by atoms with van der Waals surface area (Å²) < 4.78 is 110. The van der Waals surface area contributed by atoms with E-state index in [1.807, 2.05) is 0 Å². The Labute approximate surface area is 306 Å². The van der Waals surface area contributed by atoms with Crippen molar-refractivity contribution in [1.82, 2.24) is 19.9 Å². The van der Waals surface area contributed by atoms with Crippen molar-refractivity contribution in [2.45, 2.75) is 44.8 Å². The number of nitrogen functional groups attached to an aromatic ring is 2. The van der Waals surface area contributed by atoms with Crippen LogP contribution >= 0.6 is 11.3 Å². The van der Waals surface area contributed by atoms with Gasteiger partial charge in [0.05, 0.1) is 40.8 Å². The molecule has 1 saturated carbocycles. The summed E-state index contributed by atoms with van der Waals surface area (Å²) in [7, 11) is 0. The molecule has 0 radical (unpaired) electrons. The maximum absolute atomic E-state index is 17.1. The van der Waals surface area contributed by atoms with Gasteiger partial charge in [-0.25, -0.2) is 22.5 Å². The molecule has 0 spiro atoms. The number of hydrogen-bond donors (Lipinski definition) is 4. The molecule has 54 heavy (non-hydrogen) atoms. The zero-order valence-electron chi connectivity index (χ0n) is 28.4. The van der Waals surface area contributed by atoms with Crippen LogP contribution in [0.5, 0.6) is 11.8 Å². The number of anilines is 3. The lowest BCUT2D eigenvalue weighted by molar-refractivity contribution is -0.138. The van der Waals surface area contributed by atoms with E-state index in [-0.39, 0.29) is 44.1 Å². The fourth-order valence-electron chi connectivity index (χ4n) is 6.92. The number of piperidine rings is 1. The molecule has 0 unspecified atom stereocenters. The molecule has 1 aliphatic carbocycles. The Balaban J connectivity index is 1.40. The number of nitriles is 1. The number of ether oxygens (including phenoxy) is 1. The van der Waals surface area contributed by atoms with E-state index >= 15 is 17.6 Å². The molecule has 0 amide bonds. The van der Waals surface area contributed by atoms with Gasteiger partial charge in [0, 0.05) is 41.6 Å². The molecule has 18 heteroatoms. The van der Waals surface area contributed by atoms with Gasteiger partial charge in [0.2, 0.25) is 0 Å². The summed E-state index contributed by atoms with van der Waals surface area (Å²) in [5.41, 5.74) is 7.55. The Morgan fingerprint density at radius 1 is 1.15 bits per heavy atom. The highest BCUT2D eigenvalue weighted by atomic mass is 32.1. The number of nitrogens with one attached hydrogen (secondary N) is 1. The van der Waals surface area contributed by atoms with Crippen molar-refractivity contribution in [3.63, 3.8) is 0 Å². The van der Waals surface area contributed by atoms with Gasteiger partial charge in [-0.2, -0.15) is 28.4 Å². The molecule has 6 N–H and O–H groups in total. The van der Waals surface area contributed by atoms with Gasteiger partial charge >= 0.3 is 12.2 Å². The van der Waals surface area contributed by atoms with Gasteiger partial charge in [-0.15, -0.1) is 11.3 Å². The number of rotatable bonds is 9. The normalized spacial score (nSPS) is 16.4. The summed E-state index contributed by atoms with van der Waals surface area (Å²) in [4.78, 5) is 14.4. The Morgan fingerprint density at radius 3 is 2.52 bits per heavy atom. The number of fused-ring (bicyclic) bond motifs is 2. The van der Waals surface area contributed by atoms with Gasteiger partial charge in [0.1, 0.15) is 51.2 Å². The number of aromatic hydroxyl groups is 1. The third kappa shape index (κ3) is 6.66. The highest BCUT2D eigenvalue weighted by Gasteiger charge is 2.46. The van der Waals surface area contributed by atoms with Crippen molar-refractivity contribution in [3.05, 3.63) is 70.4 Å². The number of hydrogen-bond acceptors (Lipinski definition) is 11. The molecule has 10 nitrogen and oxygen atoms in total. The summed E-state index contributed by atoms with van der Waals surface area (Å²) in [6.07, 6.45) is -1.24. The largest absolute Gasteiger partial charge is 0.506 e. The number of halogens is 7. The van der Waals surface area contributed by atoms with Crippen LogP contribution in [0.1, 0.15) is 55.3 Å². The number of phenolic OH excluding ortho intramolecular Hbond substituents is 1. The fraction of sp³-hybridized carbons (Fsp3) is 0.333. The minimum absolute atomic E-state index is 0.0377. The second-order valence-corrected chi connectivity index (χ2v) is 14.6. The predicted octanol–water partition coefficient (Wildman–Crippen LogP) is 8.37. The van der Waals surface area contributed by atoms with Gasteiger partial charge in [-0.1, -0.05) is 6.07 Å². The second kappa shape index (κ2) is 13.8. The SMILES string of the molecule is C[C@@H](Nc1nc(OCC2(CN3CCC(=CF)CC3)CC2)nc2c(F)c(-c3ccc(F)c4sc(N)c(C#N)c34)c(C(F)(F)F)c(O)c12)c1cc(F)cnc1N. The molecule has 3 aromatic heterocycles. The number of benzene rings is 2. The molecule has 1 atom stereocenters. The minimum Gasteiger partial charge on any atom is -0.506 e. The Bertz CT molecular complexity index is 2380. The summed E-state index contributed by atoms with van der Waals surface area (Å²) in [5, 5.41) is 22.8. The maximum Gasteiger partial charge on any atom is 0.420 e. The molecular formula is C36H31F7N8O2S. The number of alkyl halides is 3. The zero-order valence-corrected chi connectivity index (χ0v) is 29.2. The number of nitrogens with two attached hydrogens (primary N) is 2. The molecule has 282 valence electrons. The topological polar surface area (TPSA) is 159 Å². The van der Waals surface area contributed by atoms with E-state index in [0.717, 1.165) is 42.8 Å². The molecule has 2 aromatic carbocycles. The van der Waals surface area contributed by atoms with E-state index < -0.39 is 74.8 Å². The van der Waals surface area contributed by atoms with Gasteiger partial charge in [-0.3, -0.25) is 0 Å². The average molecular weight is 773 g/mol. The van der Waals surface area contributed by atoms with Crippen LogP contribution in [0.15, 0.2) is 36.3 Å². The van der Waals surface area contributed by atoms with Crippen LogP contribution in [0.25, 0.3) is 32.1 Å². The monoisotopic (exact) mass is 772 g/mol. The van der Waals surface area contributed by atoms with E-state index in [4.69, 9.17) is 16.2 Å². The molecule has 5 aromatic rings. The first-order chi connectivity index (χ1) is 25.6. The zero-order chi connectivity index (χ0) is 38.7. The van der Waals surface area contributed by atoms with Crippen LogP contribution in [0.4, 0.5) is 47.4 Å². The van der Waals surface area contributed by atoms with Gasteiger partial charge < -0.3 is 31.5 Å². The predicted molar refractivity (Wildman–Crippen MR) is 189 cm³/mol. The van der Waals surface area contributed by atoms with Crippen molar-refractivity contribution >= 4 is 49.0 Å². The van der Waals surface area contributed by atoms with Crippen LogP contribution in [0.3, 0.4) is 0 Å². The quantitative estimate of drug-likeness (QED) is 0.107. The van der Waals surface area contributed by atoms with Crippen LogP contribution in [0, 0.1) is 34.2 Å². The second-order valence-electron chi connectivity index (χ2n) is 13.6. The molecule has 0 bridgehead atoms. The lowest BCUT2D eigenvalue weighted by atomic mass is 9.91. The standard InChI is InChI=1S/C36H31F7N8O2S/c1-16(20-10-18(38)13-47-31(20)45)48-33-25-28(49-34(50-33)53-15-35(6-7-35)14-51-8-4-17(11-37)5-9-51)27(40)24(26(29(25)52)36(41,42)43)19-2-3-22(39)30-23(19)21(12-44)32(46)54-30/h2-3,10-11,13,16,52H,4-9,14-15,46H2,1H3,(H2,45,47)(H,48,49,50)/t16-/m1/s1. The van der Waals surface area contributed by atoms with E-state index in [2.05, 4.69) is 25.2 Å². The Kier molecular flexibility index (Phi) is 9.42. The minimum atomic E-state index is -5.42. The first kappa shape index (κ1) is 36.9. The number of likely N-dealkylation sites (tertiary alicyclic amines) is 1. The number of nitrogens with zero attached hydrogens (tertiary/aromatic N) is 5. The first-order valence-corrected chi connectivity index (χ1v) is 17.5. The summed E-state index contributed by atoms with van der Waals surface area (Å²) in [6.45, 7) is 3.39. The third-order valence-corrected chi connectivity index (χ3v) is 11.0. The van der Waals surface area contributed by atoms with Crippen LogP contribution in [-0.2, 0) is 6.18 Å². The molecule has 1 aliphatic heterocycles. The Morgan fingerprint density at radius 2 is 1.87 bits per heavy atom. The molecule has 4 heterocycles. The van der Waals surface area contributed by atoms with E-state index in [0.29, 0.717) is 50.1 Å². The molecule has 7 rings (SSSR count). The fourth-order valence-corrected chi connectivity index (χ4v) is 7.87. The summed E-state index contributed by atoms with van der Waals surface area (Å²) in [5.74, 6) is -5.37. The van der Waals surface area contributed by atoms with Gasteiger partial charge in [-0.05, 0) is 55.9 Å². The Hall–Kier alpha value is -5.41. The highest BCUT2D eigenvalue weighted by Crippen LogP contribution is 2.53. The first-order valence-electron chi connectivity index (χ1n) is 16.7. The molecular weight excluding hydrogens is 742 g/mol. The van der Waals surface area contributed by atoms with Crippen molar-refractivity contribution in [2.24, 2.45) is 5.41 Å². The number of thiophene rings is 1. The van der Waals surface area contributed by atoms with Gasteiger partial charge in [0.15, 0.2) is 5.82 Å². The molecule has 2 fully saturated rings. The summed E-state index contributed by atoms with van der Waals surface area (Å²) >= 11 is 0.599. The third-order valence-electron chi connectivity index (χ3n) is 9.93. The van der Waals surface area contributed by atoms with E-state index in [9.17, 15) is 23.5 Å². The van der Waals surface area contributed by atoms with E-state index in [1.165, 1.54) is 6.92 Å².